The number of ether oxygens (including phenoxy) is 2. The third kappa shape index (κ3) is 5.73. The molecule has 0 radical (unpaired) electrons. The highest BCUT2D eigenvalue weighted by atomic mass is 31.2. The van der Waals surface area contributed by atoms with E-state index >= 15 is 0 Å². The van der Waals surface area contributed by atoms with Crippen molar-refractivity contribution in [3.63, 3.8) is 0 Å². The highest BCUT2D eigenvalue weighted by Gasteiger charge is 2.76. The van der Waals surface area contributed by atoms with Crippen LogP contribution >= 0.6 is 7.75 Å². The summed E-state index contributed by atoms with van der Waals surface area (Å²) in [6, 6.07) is 21.2. The fourth-order valence-corrected chi connectivity index (χ4v) is 7.39. The lowest BCUT2D eigenvalue weighted by Crippen LogP contribution is -2.41. The molecule has 15 heteroatoms. The molecule has 7 atom stereocenters. The molecule has 1 aliphatic heterocycles. The number of aromatic nitrogens is 3. The number of benzene rings is 2. The molecular weight excluding hydrogens is 615 g/mol. The van der Waals surface area contributed by atoms with Gasteiger partial charge in [0.1, 0.15) is 53.6 Å². The van der Waals surface area contributed by atoms with Crippen molar-refractivity contribution in [3.8, 4) is 11.8 Å². The summed E-state index contributed by atoms with van der Waals surface area (Å²) in [5.41, 5.74) is 3.44. The number of esters is 1. The van der Waals surface area contributed by atoms with Crippen molar-refractivity contribution in [2.45, 2.75) is 68.3 Å². The van der Waals surface area contributed by atoms with Gasteiger partial charge in [-0.3, -0.25) is 9.32 Å². The lowest BCUT2D eigenvalue weighted by molar-refractivity contribution is -0.149. The average Bonchev–Trinajstić information content (AvgIpc) is 3.41. The fourth-order valence-electron chi connectivity index (χ4n) is 5.67. The molecule has 5 N–H and O–H groups in total. The summed E-state index contributed by atoms with van der Waals surface area (Å²) in [4.78, 5) is 17.2. The number of anilines is 1. The predicted molar refractivity (Wildman–Crippen MR) is 163 cm³/mol. The van der Waals surface area contributed by atoms with E-state index in [-0.39, 0.29) is 30.1 Å². The van der Waals surface area contributed by atoms with Crippen LogP contribution in [0.15, 0.2) is 79.1 Å². The first kappa shape index (κ1) is 31.6. The third-order valence-corrected chi connectivity index (χ3v) is 9.56. The van der Waals surface area contributed by atoms with E-state index in [1.54, 1.807) is 50.2 Å². The van der Waals surface area contributed by atoms with Crippen LogP contribution in [0, 0.1) is 11.3 Å². The quantitative estimate of drug-likeness (QED) is 0.137. The number of hydrogen-bond donors (Lipinski definition) is 4. The lowest BCUT2D eigenvalue weighted by atomic mass is 9.92. The Balaban J connectivity index is 1.31. The van der Waals surface area contributed by atoms with Crippen molar-refractivity contribution < 1.29 is 38.1 Å². The minimum absolute atomic E-state index is 0.0568. The standard InChI is InChI=1S/C31H33N6O8P/c1-19(2)42-29(40)22(15-20-9-5-3-6-10-20)36-46(41,43-21-11-7-4-8-12-21)44-25-16-30(25)26(38)27(39)31(17-32,45-30)24-14-13-23-28(33)34-18-35-37(23)24/h3-14,18-19,22,25-27,38-39H,15-16H2,1-2H3,(H,36,41)(H2,33,34,35)/t22-,25+,26-,27+,30?,31-,46?/m0/s1. The van der Waals surface area contributed by atoms with Gasteiger partial charge in [0.15, 0.2) is 5.82 Å². The van der Waals surface area contributed by atoms with Crippen LogP contribution in [-0.2, 0) is 35.4 Å². The maximum Gasteiger partial charge on any atom is 0.459 e. The van der Waals surface area contributed by atoms with Gasteiger partial charge in [0.2, 0.25) is 5.60 Å². The van der Waals surface area contributed by atoms with Gasteiger partial charge in [-0.05, 0) is 50.1 Å². The van der Waals surface area contributed by atoms with Crippen molar-refractivity contribution in [2.24, 2.45) is 0 Å². The van der Waals surface area contributed by atoms with E-state index in [0.29, 0.717) is 5.52 Å². The molecule has 2 fully saturated rings. The Kier molecular flexibility index (Phi) is 8.32. The van der Waals surface area contributed by atoms with Gasteiger partial charge in [0.25, 0.3) is 0 Å². The number of carbonyl (C=O) groups excluding carboxylic acids is 1. The molecule has 0 bridgehead atoms. The average molecular weight is 649 g/mol. The van der Waals surface area contributed by atoms with Gasteiger partial charge < -0.3 is 29.9 Å². The molecule has 2 aromatic heterocycles. The molecule has 3 heterocycles. The third-order valence-electron chi connectivity index (χ3n) is 7.95. The maximum absolute atomic E-state index is 14.6. The zero-order chi connectivity index (χ0) is 32.7. The zero-order valence-electron chi connectivity index (χ0n) is 25.0. The van der Waals surface area contributed by atoms with E-state index in [1.807, 2.05) is 36.4 Å². The smallest absolute Gasteiger partial charge is 0.459 e. The SMILES string of the molecule is CC(C)OC(=O)[C@H](Cc1ccccc1)NP(=O)(Oc1ccccc1)O[C@@H]1CC12O[C@@](C#N)(c1ccc3c(N)ncnn13)[C@H](O)[C@@H]2O. The Morgan fingerprint density at radius 3 is 2.52 bits per heavy atom. The number of aliphatic hydroxyl groups is 2. The van der Waals surface area contributed by atoms with Gasteiger partial charge in [-0.1, -0.05) is 48.5 Å². The second-order valence-corrected chi connectivity index (χ2v) is 13.2. The lowest BCUT2D eigenvalue weighted by Gasteiger charge is -2.26. The summed E-state index contributed by atoms with van der Waals surface area (Å²) in [6.07, 6.45) is -3.75. The molecule has 1 saturated heterocycles. The molecule has 2 aromatic carbocycles. The van der Waals surface area contributed by atoms with Crippen LogP contribution in [0.5, 0.6) is 5.75 Å². The summed E-state index contributed by atoms with van der Waals surface area (Å²) in [6.45, 7) is 3.39. The van der Waals surface area contributed by atoms with Crippen LogP contribution in [0.4, 0.5) is 5.82 Å². The van der Waals surface area contributed by atoms with Crippen LogP contribution in [-0.4, -0.2) is 66.8 Å². The van der Waals surface area contributed by atoms with Crippen molar-refractivity contribution in [1.29, 1.82) is 5.26 Å². The zero-order valence-corrected chi connectivity index (χ0v) is 25.9. The maximum atomic E-state index is 14.6. The molecule has 1 aliphatic carbocycles. The number of para-hydroxylation sites is 1. The number of hydrogen-bond acceptors (Lipinski definition) is 12. The van der Waals surface area contributed by atoms with Gasteiger partial charge in [-0.15, -0.1) is 0 Å². The normalized spacial score (nSPS) is 27.3. The first-order chi connectivity index (χ1) is 22.0. The molecule has 1 saturated carbocycles. The van der Waals surface area contributed by atoms with Crippen LogP contribution < -0.4 is 15.3 Å². The van der Waals surface area contributed by atoms with Crippen LogP contribution in [0.3, 0.4) is 0 Å². The van der Waals surface area contributed by atoms with E-state index in [0.717, 1.165) is 5.56 Å². The first-order valence-electron chi connectivity index (χ1n) is 14.6. The monoisotopic (exact) mass is 648 g/mol. The van der Waals surface area contributed by atoms with Crippen LogP contribution in [0.1, 0.15) is 31.5 Å². The Bertz CT molecular complexity index is 1820. The fraction of sp³-hybridized carbons (Fsp3) is 0.355. The molecule has 2 aliphatic rings. The number of nitriles is 1. The molecular formula is C31H33N6O8P. The first-order valence-corrected chi connectivity index (χ1v) is 16.2. The molecule has 6 rings (SSSR count). The number of nitrogens with one attached hydrogen (secondary N) is 1. The van der Waals surface area contributed by atoms with E-state index < -0.39 is 55.4 Å². The molecule has 2 unspecified atom stereocenters. The molecule has 46 heavy (non-hydrogen) atoms. The van der Waals surface area contributed by atoms with Crippen molar-refractivity contribution in [2.75, 3.05) is 5.73 Å². The number of nitrogen functional groups attached to an aromatic ring is 1. The topological polar surface area (TPSA) is 204 Å². The summed E-state index contributed by atoms with van der Waals surface area (Å²) in [5, 5.41) is 39.9. The molecule has 0 amide bonds. The summed E-state index contributed by atoms with van der Waals surface area (Å²) < 4.78 is 39.5. The van der Waals surface area contributed by atoms with E-state index in [2.05, 4.69) is 15.2 Å². The van der Waals surface area contributed by atoms with Gasteiger partial charge in [0, 0.05) is 6.42 Å². The molecule has 240 valence electrons. The number of nitrogens with zero attached hydrogens (tertiary/aromatic N) is 4. The second-order valence-electron chi connectivity index (χ2n) is 11.5. The van der Waals surface area contributed by atoms with Crippen molar-refractivity contribution in [3.05, 3.63) is 90.4 Å². The van der Waals surface area contributed by atoms with Gasteiger partial charge >= 0.3 is 13.7 Å². The summed E-state index contributed by atoms with van der Waals surface area (Å²) in [5.74, 6) is -0.363. The molecule has 4 aromatic rings. The largest absolute Gasteiger partial charge is 0.462 e. The summed E-state index contributed by atoms with van der Waals surface area (Å²) in [7, 11) is -4.45. The molecule has 14 nitrogen and oxygen atoms in total. The van der Waals surface area contributed by atoms with E-state index in [4.69, 9.17) is 24.3 Å². The van der Waals surface area contributed by atoms with Gasteiger partial charge in [0.05, 0.1) is 11.8 Å². The number of rotatable bonds is 11. The highest BCUT2D eigenvalue weighted by Crippen LogP contribution is 2.62. The predicted octanol–water partition coefficient (Wildman–Crippen LogP) is 2.65. The van der Waals surface area contributed by atoms with Crippen molar-refractivity contribution >= 4 is 25.1 Å². The van der Waals surface area contributed by atoms with Crippen molar-refractivity contribution in [1.82, 2.24) is 19.7 Å². The van der Waals surface area contributed by atoms with Crippen LogP contribution in [0.25, 0.3) is 5.52 Å². The Morgan fingerprint density at radius 1 is 1.15 bits per heavy atom. The Labute approximate surface area is 264 Å². The van der Waals surface area contributed by atoms with E-state index in [1.165, 1.54) is 16.9 Å². The summed E-state index contributed by atoms with van der Waals surface area (Å²) >= 11 is 0. The van der Waals surface area contributed by atoms with Crippen LogP contribution in [0.2, 0.25) is 0 Å². The Morgan fingerprint density at radius 2 is 1.85 bits per heavy atom. The minimum Gasteiger partial charge on any atom is -0.462 e. The van der Waals surface area contributed by atoms with Gasteiger partial charge in [-0.25, -0.2) is 14.1 Å². The number of aliphatic hydroxyl groups excluding tert-OH is 2. The number of nitrogens with two attached hydrogens (primary N) is 1. The molecule has 1 spiro atoms. The Hall–Kier alpha value is -4.35. The second kappa shape index (κ2) is 12.1. The van der Waals surface area contributed by atoms with Gasteiger partial charge in [-0.2, -0.15) is 15.4 Å². The minimum atomic E-state index is -4.45. The van der Waals surface area contributed by atoms with E-state index in [9.17, 15) is 24.8 Å². The number of carbonyl (C=O) groups is 1. The highest BCUT2D eigenvalue weighted by molar-refractivity contribution is 7.52. The number of fused-ring (bicyclic) bond motifs is 1.